The molecule has 1 aromatic heterocycles. The highest BCUT2D eigenvalue weighted by atomic mass is 16.6. The number of rotatable bonds is 6. The number of benzene rings is 2. The zero-order chi connectivity index (χ0) is 26.1. The summed E-state index contributed by atoms with van der Waals surface area (Å²) in [5.74, 6) is 2.88. The summed E-state index contributed by atoms with van der Waals surface area (Å²) in [5, 5.41) is 0.492. The monoisotopic (exact) mass is 510 g/mol. The molecule has 5 rings (SSSR count). The minimum Gasteiger partial charge on any atom is -0.493 e. The van der Waals surface area contributed by atoms with Gasteiger partial charge in [0.1, 0.15) is 13.2 Å². The first-order chi connectivity index (χ1) is 18.0. The summed E-state index contributed by atoms with van der Waals surface area (Å²) in [7, 11) is 4.56. The highest BCUT2D eigenvalue weighted by Crippen LogP contribution is 2.38. The molecule has 0 unspecified atom stereocenters. The van der Waals surface area contributed by atoms with Gasteiger partial charge in [0.15, 0.2) is 23.0 Å². The molecule has 1 saturated heterocycles. The highest BCUT2D eigenvalue weighted by molar-refractivity contribution is 5.96. The molecule has 196 valence electrons. The Bertz CT molecular complexity index is 1370. The highest BCUT2D eigenvalue weighted by Gasteiger charge is 2.27. The lowest BCUT2D eigenvalue weighted by molar-refractivity contribution is 0.0745. The average molecular weight is 511 g/mol. The summed E-state index contributed by atoms with van der Waals surface area (Å²) >= 11 is 0. The van der Waals surface area contributed by atoms with Gasteiger partial charge in [-0.25, -0.2) is 4.98 Å². The summed E-state index contributed by atoms with van der Waals surface area (Å²) in [4.78, 5) is 35.3. The summed E-state index contributed by atoms with van der Waals surface area (Å²) in [6.45, 7) is 5.28. The number of amides is 1. The van der Waals surface area contributed by atoms with E-state index in [1.807, 2.05) is 11.8 Å². The van der Waals surface area contributed by atoms with E-state index in [0.717, 1.165) is 0 Å². The van der Waals surface area contributed by atoms with Crippen LogP contribution in [0.25, 0.3) is 10.9 Å². The minimum absolute atomic E-state index is 0.129. The normalized spacial score (nSPS) is 15.0. The largest absolute Gasteiger partial charge is 0.493 e. The fourth-order valence-corrected chi connectivity index (χ4v) is 4.77. The maximum absolute atomic E-state index is 13.3. The van der Waals surface area contributed by atoms with Gasteiger partial charge in [-0.3, -0.25) is 14.2 Å². The van der Waals surface area contributed by atoms with Crippen molar-refractivity contribution in [3.8, 4) is 28.7 Å². The van der Waals surface area contributed by atoms with Crippen LogP contribution in [0.3, 0.4) is 0 Å². The third-order valence-corrected chi connectivity index (χ3v) is 6.68. The van der Waals surface area contributed by atoms with Crippen LogP contribution in [0.15, 0.2) is 29.1 Å². The van der Waals surface area contributed by atoms with Crippen LogP contribution < -0.4 is 34.1 Å². The van der Waals surface area contributed by atoms with E-state index in [1.54, 1.807) is 33.7 Å². The molecule has 0 N–H and O–H groups in total. The average Bonchev–Trinajstić information content (AvgIpc) is 2.95. The first-order valence-electron chi connectivity index (χ1n) is 12.2. The lowest BCUT2D eigenvalue weighted by atomic mass is 10.1. The topological polar surface area (TPSA) is 105 Å². The van der Waals surface area contributed by atoms with Crippen LogP contribution >= 0.6 is 0 Å². The second-order valence-electron chi connectivity index (χ2n) is 8.67. The van der Waals surface area contributed by atoms with Crippen LogP contribution in [0.2, 0.25) is 0 Å². The van der Waals surface area contributed by atoms with Gasteiger partial charge < -0.3 is 33.5 Å². The zero-order valence-electron chi connectivity index (χ0n) is 21.4. The van der Waals surface area contributed by atoms with Gasteiger partial charge in [-0.15, -0.1) is 0 Å². The van der Waals surface area contributed by atoms with Gasteiger partial charge in [0.2, 0.25) is 11.7 Å². The van der Waals surface area contributed by atoms with Crippen molar-refractivity contribution in [2.75, 3.05) is 65.6 Å². The zero-order valence-corrected chi connectivity index (χ0v) is 21.4. The van der Waals surface area contributed by atoms with Crippen molar-refractivity contribution < 1.29 is 28.5 Å². The summed E-state index contributed by atoms with van der Waals surface area (Å²) in [5.41, 5.74) is 0.879. The van der Waals surface area contributed by atoms with E-state index >= 15 is 0 Å². The molecule has 0 radical (unpaired) electrons. The Kier molecular flexibility index (Phi) is 6.68. The molecular formula is C26H30N4O7. The van der Waals surface area contributed by atoms with Crippen molar-refractivity contribution in [3.63, 3.8) is 0 Å². The molecule has 3 heterocycles. The summed E-state index contributed by atoms with van der Waals surface area (Å²) in [6, 6.07) is 6.78. The van der Waals surface area contributed by atoms with Crippen molar-refractivity contribution >= 4 is 22.8 Å². The maximum atomic E-state index is 13.3. The maximum Gasteiger partial charge on any atom is 0.262 e. The van der Waals surface area contributed by atoms with Gasteiger partial charge in [-0.2, -0.15) is 0 Å². The molecule has 0 bridgehead atoms. The van der Waals surface area contributed by atoms with E-state index in [0.29, 0.717) is 97.1 Å². The third kappa shape index (κ3) is 4.34. The number of methoxy groups -OCH3 is 3. The van der Waals surface area contributed by atoms with Gasteiger partial charge in [0.05, 0.1) is 32.2 Å². The van der Waals surface area contributed by atoms with Gasteiger partial charge in [-0.05, 0) is 25.1 Å². The van der Waals surface area contributed by atoms with Crippen LogP contribution in [0.5, 0.6) is 28.7 Å². The molecule has 3 aromatic rings. The Balaban J connectivity index is 1.40. The lowest BCUT2D eigenvalue weighted by Crippen LogP contribution is -2.50. The molecule has 0 spiro atoms. The van der Waals surface area contributed by atoms with Gasteiger partial charge in [0.25, 0.3) is 11.5 Å². The molecule has 1 fully saturated rings. The molecule has 11 heteroatoms. The predicted molar refractivity (Wildman–Crippen MR) is 137 cm³/mol. The van der Waals surface area contributed by atoms with Gasteiger partial charge in [0, 0.05) is 44.4 Å². The van der Waals surface area contributed by atoms with Gasteiger partial charge in [-0.1, -0.05) is 0 Å². The molecule has 2 aliphatic rings. The second kappa shape index (κ2) is 10.1. The Hall–Kier alpha value is -4.15. The van der Waals surface area contributed by atoms with E-state index in [9.17, 15) is 9.59 Å². The first kappa shape index (κ1) is 24.5. The van der Waals surface area contributed by atoms with E-state index in [4.69, 9.17) is 28.7 Å². The third-order valence-electron chi connectivity index (χ3n) is 6.68. The molecular weight excluding hydrogens is 480 g/mol. The van der Waals surface area contributed by atoms with Crippen LogP contribution in [0.4, 0.5) is 5.95 Å². The first-order valence-corrected chi connectivity index (χ1v) is 12.2. The molecule has 2 aliphatic heterocycles. The molecule has 1 amide bonds. The SMILES string of the molecule is CCn1c(N2CCN(C(=O)c3cc(OC)c(OC)c(OC)c3)CC2)nc2cc3c(cc2c1=O)OCCO3. The smallest absolute Gasteiger partial charge is 0.262 e. The van der Waals surface area contributed by atoms with Crippen molar-refractivity contribution in [2.24, 2.45) is 0 Å². The second-order valence-corrected chi connectivity index (χ2v) is 8.67. The number of piperazine rings is 1. The fraction of sp³-hybridized carbons (Fsp3) is 0.423. The Morgan fingerprint density at radius 1 is 0.919 bits per heavy atom. The van der Waals surface area contributed by atoms with Crippen LogP contribution in [0.1, 0.15) is 17.3 Å². The number of hydrogen-bond donors (Lipinski definition) is 0. The van der Waals surface area contributed by atoms with E-state index in [-0.39, 0.29) is 11.5 Å². The molecule has 11 nitrogen and oxygen atoms in total. The number of fused-ring (bicyclic) bond motifs is 2. The Morgan fingerprint density at radius 3 is 2.11 bits per heavy atom. The molecule has 0 atom stereocenters. The van der Waals surface area contributed by atoms with Crippen molar-refractivity contribution in [2.45, 2.75) is 13.5 Å². The Morgan fingerprint density at radius 2 is 1.54 bits per heavy atom. The number of ether oxygens (including phenoxy) is 5. The minimum atomic E-state index is -0.137. The molecule has 0 saturated carbocycles. The fourth-order valence-electron chi connectivity index (χ4n) is 4.77. The van der Waals surface area contributed by atoms with Crippen molar-refractivity contribution in [1.29, 1.82) is 0 Å². The quantitative estimate of drug-likeness (QED) is 0.493. The van der Waals surface area contributed by atoms with Crippen LogP contribution in [0, 0.1) is 0 Å². The molecule has 0 aliphatic carbocycles. The van der Waals surface area contributed by atoms with Crippen molar-refractivity contribution in [1.82, 2.24) is 14.5 Å². The van der Waals surface area contributed by atoms with Gasteiger partial charge >= 0.3 is 0 Å². The number of aromatic nitrogens is 2. The number of anilines is 1. The summed E-state index contributed by atoms with van der Waals surface area (Å²) < 4.78 is 29.2. The molecule has 37 heavy (non-hydrogen) atoms. The predicted octanol–water partition coefficient (Wildman–Crippen LogP) is 2.18. The number of carbonyl (C=O) groups is 1. The van der Waals surface area contributed by atoms with Crippen molar-refractivity contribution in [3.05, 3.63) is 40.2 Å². The summed E-state index contributed by atoms with van der Waals surface area (Å²) in [6.07, 6.45) is 0. The van der Waals surface area contributed by atoms with Crippen LogP contribution in [-0.4, -0.2) is 81.1 Å². The van der Waals surface area contributed by atoms with E-state index in [2.05, 4.69) is 0 Å². The van der Waals surface area contributed by atoms with Crippen LogP contribution in [-0.2, 0) is 6.54 Å². The molecule has 2 aromatic carbocycles. The number of carbonyl (C=O) groups excluding carboxylic acids is 1. The number of nitrogens with zero attached hydrogens (tertiary/aromatic N) is 4. The number of hydrogen-bond acceptors (Lipinski definition) is 9. The van der Waals surface area contributed by atoms with E-state index < -0.39 is 0 Å². The van der Waals surface area contributed by atoms with E-state index in [1.165, 1.54) is 21.3 Å². The Labute approximate surface area is 214 Å². The lowest BCUT2D eigenvalue weighted by Gasteiger charge is -2.36. The standard InChI is InChI=1S/C26H30N4O7/c1-5-30-25(32)17-14-19-20(37-11-10-36-19)15-18(17)27-26(30)29-8-6-28(7-9-29)24(31)16-12-21(33-2)23(35-4)22(13-16)34-3/h12-15H,5-11H2,1-4H3.